The number of unbranched alkanes of at least 4 members (excludes halogenated alkanes) is 3. The SMILES string of the molecule is CCCC[C@@H](NC(=O)[C@@H]1CCCN1C(=O)CNC(=O)[C@H](CCCCN)NC(=O)[C@H](CS)NC(=O)[C@H](CO)NC(=O)[C@H](CC(C)C)NC(=O)[C@H](CS)NC(=O)[C@@H]1CCCN1C(=O)CCCCNC(N)N)C(=O)NCCc1ccccc1. The Balaban J connectivity index is 1.60. The molecule has 0 radical (unpaired) electrons. The van der Waals surface area contributed by atoms with E-state index in [0.29, 0.717) is 96.8 Å². The van der Waals surface area contributed by atoms with Crippen molar-refractivity contribution in [2.75, 3.05) is 57.4 Å². The highest BCUT2D eigenvalue weighted by atomic mass is 32.1. The van der Waals surface area contributed by atoms with Crippen molar-refractivity contribution in [1.82, 2.24) is 57.7 Å². The Hall–Kier alpha value is -5.58. The first-order chi connectivity index (χ1) is 38.3. The predicted octanol–water partition coefficient (Wildman–Crippen LogP) is -2.47. The zero-order valence-electron chi connectivity index (χ0n) is 46.7. The van der Waals surface area contributed by atoms with Gasteiger partial charge in [-0.25, -0.2) is 0 Å². The maximum absolute atomic E-state index is 13.8. The number of rotatable bonds is 37. The number of amides is 10. The summed E-state index contributed by atoms with van der Waals surface area (Å²) in [6.07, 6.45) is 6.14. The van der Waals surface area contributed by atoms with E-state index in [2.05, 4.69) is 73.1 Å². The molecule has 8 atom stereocenters. The minimum Gasteiger partial charge on any atom is -0.394 e. The van der Waals surface area contributed by atoms with Gasteiger partial charge in [-0.1, -0.05) is 63.9 Å². The summed E-state index contributed by atoms with van der Waals surface area (Å²) in [6, 6.07) is 0.474. The summed E-state index contributed by atoms with van der Waals surface area (Å²) in [5, 5.41) is 34.3. The van der Waals surface area contributed by atoms with Crippen molar-refractivity contribution in [3.05, 3.63) is 35.9 Å². The van der Waals surface area contributed by atoms with E-state index in [9.17, 15) is 53.1 Å². The van der Waals surface area contributed by atoms with Crippen molar-refractivity contribution >= 4 is 84.3 Å². The smallest absolute Gasteiger partial charge is 0.245 e. The van der Waals surface area contributed by atoms with E-state index in [1.807, 2.05) is 37.3 Å². The molecule has 0 aliphatic carbocycles. The summed E-state index contributed by atoms with van der Waals surface area (Å²) < 4.78 is 0. The molecular formula is C53H90N14O11S2. The maximum Gasteiger partial charge on any atom is 0.245 e. The molecule has 0 spiro atoms. The van der Waals surface area contributed by atoms with Crippen LogP contribution in [0.2, 0.25) is 0 Å². The van der Waals surface area contributed by atoms with Gasteiger partial charge in [-0.3, -0.25) is 53.3 Å². The largest absolute Gasteiger partial charge is 0.394 e. The molecule has 0 saturated carbocycles. The average molecular weight is 1160 g/mol. The number of aliphatic hydroxyl groups excluding tert-OH is 1. The fourth-order valence-electron chi connectivity index (χ4n) is 9.32. The predicted molar refractivity (Wildman–Crippen MR) is 308 cm³/mol. The van der Waals surface area contributed by atoms with Crippen molar-refractivity contribution in [3.8, 4) is 0 Å². The molecule has 2 fully saturated rings. The van der Waals surface area contributed by atoms with Crippen molar-refractivity contribution < 1.29 is 53.1 Å². The molecule has 25 nitrogen and oxygen atoms in total. The van der Waals surface area contributed by atoms with E-state index >= 15 is 0 Å². The minimum absolute atomic E-state index is 0.0763. The summed E-state index contributed by atoms with van der Waals surface area (Å²) in [6.45, 7) is 5.94. The van der Waals surface area contributed by atoms with Gasteiger partial charge in [0.15, 0.2) is 0 Å². The van der Waals surface area contributed by atoms with E-state index in [-0.39, 0.29) is 55.0 Å². The van der Waals surface area contributed by atoms with Crippen molar-refractivity contribution in [1.29, 1.82) is 0 Å². The second-order valence-corrected chi connectivity index (χ2v) is 21.4. The molecular weight excluding hydrogens is 1070 g/mol. The molecule has 0 unspecified atom stereocenters. The standard InChI is InChI=1S/C53H90N14O11S2/c1-4-5-17-35(45(71)57-25-22-34-15-7-6-8-16-34)61-51(77)42-20-14-27-67(42)44(70)29-59-46(72)36(18-9-11-23-54)60-49(75)39(31-79)64-48(74)38(30-68)63-47(73)37(28-33(2)3)62-50(76)40(32-80)65-52(78)41-19-13-26-66(41)43(69)21-10-12-24-58-53(55)56/h6-8,15-16,33,35-42,53,58,68,79-80H,4-5,9-14,17-32,54-56H2,1-3H3,(H,57,71)(H,59,72)(H,60,75)(H,61,77)(H,62,76)(H,63,73)(H,64,74)(H,65,78)/t35-,36+,37+,38+,39+,40+,41+,42+/m1/s1. The summed E-state index contributed by atoms with van der Waals surface area (Å²) >= 11 is 8.52. The lowest BCUT2D eigenvalue weighted by molar-refractivity contribution is -0.140. The van der Waals surface area contributed by atoms with E-state index in [0.717, 1.165) is 12.0 Å². The maximum atomic E-state index is 13.8. The highest BCUT2D eigenvalue weighted by Crippen LogP contribution is 2.21. The second-order valence-electron chi connectivity index (χ2n) is 20.6. The summed E-state index contributed by atoms with van der Waals surface area (Å²) in [4.78, 5) is 138. The lowest BCUT2D eigenvalue weighted by Gasteiger charge is -2.28. The number of nitrogens with one attached hydrogen (secondary N) is 9. The molecule has 2 heterocycles. The van der Waals surface area contributed by atoms with Crippen molar-refractivity contribution in [2.24, 2.45) is 23.1 Å². The van der Waals surface area contributed by atoms with E-state index < -0.39 is 115 Å². The number of hydrogen-bond acceptors (Lipinski definition) is 17. The quantitative estimate of drug-likeness (QED) is 0.0187. The molecule has 0 bridgehead atoms. The van der Waals surface area contributed by atoms with E-state index in [1.54, 1.807) is 13.8 Å². The molecule has 1 aromatic carbocycles. The number of carbonyl (C=O) groups excluding carboxylic acids is 10. The Morgan fingerprint density at radius 2 is 1.12 bits per heavy atom. The van der Waals surface area contributed by atoms with Gasteiger partial charge in [-0.2, -0.15) is 25.3 Å². The van der Waals surface area contributed by atoms with Crippen LogP contribution < -0.4 is 65.1 Å². The van der Waals surface area contributed by atoms with Crippen LogP contribution in [0.5, 0.6) is 0 Å². The molecule has 16 N–H and O–H groups in total. The molecule has 2 aliphatic heterocycles. The molecule has 2 aliphatic rings. The summed E-state index contributed by atoms with van der Waals surface area (Å²) in [5.41, 5.74) is 17.8. The number of hydrogen-bond donors (Lipinski definition) is 15. The fraction of sp³-hybridized carbons (Fsp3) is 0.698. The van der Waals surface area contributed by atoms with Crippen LogP contribution in [0.1, 0.15) is 116 Å². The Morgan fingerprint density at radius 3 is 1.70 bits per heavy atom. The number of nitrogens with zero attached hydrogens (tertiary/aromatic N) is 2. The Bertz CT molecular complexity index is 2170. The van der Waals surface area contributed by atoms with Gasteiger partial charge in [-0.05, 0) is 102 Å². The zero-order valence-corrected chi connectivity index (χ0v) is 48.5. The normalized spacial score (nSPS) is 17.3. The van der Waals surface area contributed by atoms with Crippen molar-refractivity contribution in [3.63, 3.8) is 0 Å². The first-order valence-corrected chi connectivity index (χ1v) is 29.3. The van der Waals surface area contributed by atoms with Crippen molar-refractivity contribution in [2.45, 2.75) is 172 Å². The highest BCUT2D eigenvalue weighted by molar-refractivity contribution is 7.80. The van der Waals surface area contributed by atoms with Gasteiger partial charge in [0.1, 0.15) is 54.6 Å². The zero-order chi connectivity index (χ0) is 59.1. The number of nitrogens with two attached hydrogens (primary N) is 3. The van der Waals surface area contributed by atoms with Crippen LogP contribution in [0.15, 0.2) is 30.3 Å². The molecule has 3 rings (SSSR count). The van der Waals surface area contributed by atoms with E-state index in [4.69, 9.17) is 17.2 Å². The van der Waals surface area contributed by atoms with Crippen LogP contribution >= 0.6 is 25.3 Å². The summed E-state index contributed by atoms with van der Waals surface area (Å²) in [7, 11) is 0. The summed E-state index contributed by atoms with van der Waals surface area (Å²) in [5.74, 6) is -6.88. The van der Waals surface area contributed by atoms with Gasteiger partial charge in [0, 0.05) is 37.6 Å². The van der Waals surface area contributed by atoms with Crippen LogP contribution in [0.4, 0.5) is 0 Å². The number of aliphatic hydroxyl groups is 1. The van der Waals surface area contributed by atoms with Gasteiger partial charge in [-0.15, -0.1) is 0 Å². The van der Waals surface area contributed by atoms with Crippen LogP contribution in [0, 0.1) is 5.92 Å². The first-order valence-electron chi connectivity index (χ1n) is 28.1. The molecule has 450 valence electrons. The topological polar surface area (TPSA) is 384 Å². The number of likely N-dealkylation sites (tertiary alicyclic amines) is 2. The van der Waals surface area contributed by atoms with Crippen LogP contribution in [0.25, 0.3) is 0 Å². The van der Waals surface area contributed by atoms with Gasteiger partial charge in [0.25, 0.3) is 0 Å². The fourth-order valence-corrected chi connectivity index (χ4v) is 9.84. The molecule has 0 aromatic heterocycles. The van der Waals surface area contributed by atoms with Crippen LogP contribution in [-0.4, -0.2) is 186 Å². The lowest BCUT2D eigenvalue weighted by Crippen LogP contribution is -2.61. The van der Waals surface area contributed by atoms with Crippen LogP contribution in [-0.2, 0) is 54.4 Å². The monoisotopic (exact) mass is 1160 g/mol. The number of carbonyl (C=O) groups is 10. The molecule has 80 heavy (non-hydrogen) atoms. The van der Waals surface area contributed by atoms with Gasteiger partial charge >= 0.3 is 0 Å². The Morgan fingerprint density at radius 1 is 0.613 bits per heavy atom. The second kappa shape index (κ2) is 37.4. The number of benzene rings is 1. The third-order valence-corrected chi connectivity index (χ3v) is 14.5. The van der Waals surface area contributed by atoms with Gasteiger partial charge in [0.05, 0.1) is 13.2 Å². The third-order valence-electron chi connectivity index (χ3n) is 13.8. The first kappa shape index (κ1) is 68.7. The molecule has 2 saturated heterocycles. The van der Waals surface area contributed by atoms with Crippen LogP contribution in [0.3, 0.4) is 0 Å². The molecule has 1 aromatic rings. The molecule has 10 amide bonds. The van der Waals surface area contributed by atoms with Gasteiger partial charge < -0.3 is 74.6 Å². The number of thiol groups is 2. The van der Waals surface area contributed by atoms with E-state index in [1.165, 1.54) is 9.80 Å². The average Bonchev–Trinajstić information content (AvgIpc) is 4.15. The third kappa shape index (κ3) is 23.9. The molecule has 27 heteroatoms. The lowest BCUT2D eigenvalue weighted by atomic mass is 10.0. The Kier molecular flexibility index (Phi) is 32.1. The highest BCUT2D eigenvalue weighted by Gasteiger charge is 2.39. The Labute approximate surface area is 481 Å². The minimum atomic E-state index is -1.62. The van der Waals surface area contributed by atoms with Gasteiger partial charge in [0.2, 0.25) is 59.1 Å².